The van der Waals surface area contributed by atoms with Gasteiger partial charge in [0.15, 0.2) is 0 Å². The number of piperidine rings is 1. The third-order valence-electron chi connectivity index (χ3n) is 4.69. The van der Waals surface area contributed by atoms with Gasteiger partial charge in [0.2, 0.25) is 10.0 Å². The number of sulfonamides is 1. The molecule has 1 atom stereocenters. The molecule has 0 amide bonds. The molecule has 1 saturated heterocycles. The van der Waals surface area contributed by atoms with Crippen LogP contribution in [0, 0.1) is 12.8 Å². The first-order valence-electron chi connectivity index (χ1n) is 8.83. The fourth-order valence-electron chi connectivity index (χ4n) is 3.13. The largest absolute Gasteiger partial charge is 0.497 e. The van der Waals surface area contributed by atoms with Crippen molar-refractivity contribution in [3.05, 3.63) is 54.1 Å². The van der Waals surface area contributed by atoms with Gasteiger partial charge in [-0.25, -0.2) is 8.42 Å². The van der Waals surface area contributed by atoms with Crippen LogP contribution >= 0.6 is 0 Å². The zero-order valence-corrected chi connectivity index (χ0v) is 16.0. The Bertz CT molecular complexity index is 816. The Morgan fingerprint density at radius 2 is 1.69 bits per heavy atom. The van der Waals surface area contributed by atoms with Gasteiger partial charge in [-0.15, -0.1) is 0 Å². The molecule has 0 spiro atoms. The van der Waals surface area contributed by atoms with Gasteiger partial charge in [-0.2, -0.15) is 4.31 Å². The van der Waals surface area contributed by atoms with Crippen molar-refractivity contribution in [2.24, 2.45) is 5.92 Å². The van der Waals surface area contributed by atoms with Crippen LogP contribution in [0.2, 0.25) is 0 Å². The van der Waals surface area contributed by atoms with E-state index in [4.69, 9.17) is 9.47 Å². The van der Waals surface area contributed by atoms with Crippen LogP contribution in [0.3, 0.4) is 0 Å². The first-order chi connectivity index (χ1) is 12.5. The molecule has 6 heteroatoms. The van der Waals surface area contributed by atoms with Crippen LogP contribution in [0.25, 0.3) is 0 Å². The van der Waals surface area contributed by atoms with Crippen LogP contribution in [-0.2, 0) is 10.0 Å². The number of nitrogens with zero attached hydrogens (tertiary/aromatic N) is 1. The summed E-state index contributed by atoms with van der Waals surface area (Å²) in [5.41, 5.74) is 1.19. The van der Waals surface area contributed by atoms with Gasteiger partial charge in [0, 0.05) is 19.0 Å². The lowest BCUT2D eigenvalue weighted by Crippen LogP contribution is -2.41. The van der Waals surface area contributed by atoms with Gasteiger partial charge in [-0.1, -0.05) is 17.7 Å². The predicted molar refractivity (Wildman–Crippen MR) is 101 cm³/mol. The van der Waals surface area contributed by atoms with Crippen LogP contribution in [0.5, 0.6) is 11.5 Å². The summed E-state index contributed by atoms with van der Waals surface area (Å²) in [4.78, 5) is 0.304. The maximum Gasteiger partial charge on any atom is 0.243 e. The topological polar surface area (TPSA) is 55.8 Å². The van der Waals surface area contributed by atoms with Gasteiger partial charge >= 0.3 is 0 Å². The maximum atomic E-state index is 12.9. The highest BCUT2D eigenvalue weighted by Gasteiger charge is 2.30. The normalized spacial score (nSPS) is 18.5. The number of benzene rings is 2. The van der Waals surface area contributed by atoms with Gasteiger partial charge < -0.3 is 9.47 Å². The summed E-state index contributed by atoms with van der Waals surface area (Å²) < 4.78 is 38.3. The molecule has 1 heterocycles. The molecule has 0 aliphatic carbocycles. The molecular formula is C20H25NO4S. The van der Waals surface area contributed by atoms with E-state index in [-0.39, 0.29) is 5.92 Å². The average Bonchev–Trinajstić information content (AvgIpc) is 2.68. The summed E-state index contributed by atoms with van der Waals surface area (Å²) in [7, 11) is -1.92. The highest BCUT2D eigenvalue weighted by atomic mass is 32.2. The molecule has 0 N–H and O–H groups in total. The minimum absolute atomic E-state index is 0.193. The predicted octanol–water partition coefficient (Wildman–Crippen LogP) is 3.48. The monoisotopic (exact) mass is 375 g/mol. The van der Waals surface area contributed by atoms with E-state index < -0.39 is 10.0 Å². The van der Waals surface area contributed by atoms with Gasteiger partial charge in [0.05, 0.1) is 18.6 Å². The fourth-order valence-corrected chi connectivity index (χ4v) is 4.68. The standard InChI is InChI=1S/C20H25NO4S/c1-16-5-7-19(8-6-16)25-15-17-4-3-13-21(14-17)26(22,23)20-11-9-18(24-2)10-12-20/h5-12,17H,3-4,13-15H2,1-2H3. The number of ether oxygens (including phenoxy) is 2. The minimum Gasteiger partial charge on any atom is -0.497 e. The molecule has 1 fully saturated rings. The van der Waals surface area contributed by atoms with Crippen molar-refractivity contribution < 1.29 is 17.9 Å². The summed E-state index contributed by atoms with van der Waals surface area (Å²) >= 11 is 0. The van der Waals surface area contributed by atoms with Crippen molar-refractivity contribution in [3.63, 3.8) is 0 Å². The lowest BCUT2D eigenvalue weighted by molar-refractivity contribution is 0.180. The van der Waals surface area contributed by atoms with Crippen LogP contribution < -0.4 is 9.47 Å². The Labute approximate surface area is 155 Å². The van der Waals surface area contributed by atoms with Gasteiger partial charge in [-0.3, -0.25) is 0 Å². The van der Waals surface area contributed by atoms with Crippen LogP contribution in [-0.4, -0.2) is 39.5 Å². The first-order valence-corrected chi connectivity index (χ1v) is 10.3. The number of rotatable bonds is 6. The molecule has 0 bridgehead atoms. The van der Waals surface area contributed by atoms with E-state index >= 15 is 0 Å². The molecule has 1 aliphatic heterocycles. The molecular weight excluding hydrogens is 350 g/mol. The molecule has 140 valence electrons. The Morgan fingerprint density at radius 3 is 2.35 bits per heavy atom. The third-order valence-corrected chi connectivity index (χ3v) is 6.56. The molecule has 2 aromatic rings. The van der Waals surface area contributed by atoms with Crippen molar-refractivity contribution in [3.8, 4) is 11.5 Å². The van der Waals surface area contributed by atoms with E-state index in [1.165, 1.54) is 5.56 Å². The van der Waals surface area contributed by atoms with Crippen LogP contribution in [0.4, 0.5) is 0 Å². The molecule has 2 aromatic carbocycles. The lowest BCUT2D eigenvalue weighted by Gasteiger charge is -2.31. The maximum absolute atomic E-state index is 12.9. The van der Waals surface area contributed by atoms with E-state index in [1.54, 1.807) is 35.7 Å². The van der Waals surface area contributed by atoms with E-state index in [2.05, 4.69) is 0 Å². The zero-order valence-electron chi connectivity index (χ0n) is 15.2. The molecule has 26 heavy (non-hydrogen) atoms. The first kappa shape index (κ1) is 18.7. The van der Waals surface area contributed by atoms with Crippen LogP contribution in [0.1, 0.15) is 18.4 Å². The number of hydrogen-bond acceptors (Lipinski definition) is 4. The molecule has 1 unspecified atom stereocenters. The van der Waals surface area contributed by atoms with E-state index in [0.717, 1.165) is 18.6 Å². The quantitative estimate of drug-likeness (QED) is 0.776. The molecule has 0 aromatic heterocycles. The smallest absolute Gasteiger partial charge is 0.243 e. The van der Waals surface area contributed by atoms with Crippen molar-refractivity contribution in [1.82, 2.24) is 4.31 Å². The Balaban J connectivity index is 1.63. The van der Waals surface area contributed by atoms with E-state index in [1.807, 2.05) is 31.2 Å². The SMILES string of the molecule is COc1ccc(S(=O)(=O)N2CCCC(COc3ccc(C)cc3)C2)cc1. The summed E-state index contributed by atoms with van der Waals surface area (Å²) in [5, 5.41) is 0. The fraction of sp³-hybridized carbons (Fsp3) is 0.400. The van der Waals surface area contributed by atoms with Gasteiger partial charge in [0.1, 0.15) is 11.5 Å². The second-order valence-corrected chi connectivity index (χ2v) is 8.61. The van der Waals surface area contributed by atoms with Crippen LogP contribution in [0.15, 0.2) is 53.4 Å². The van der Waals surface area contributed by atoms with Gasteiger partial charge in [0.25, 0.3) is 0 Å². The van der Waals surface area contributed by atoms with E-state index in [9.17, 15) is 8.42 Å². The Hall–Kier alpha value is -2.05. The average molecular weight is 375 g/mol. The Kier molecular flexibility index (Phi) is 5.84. The summed E-state index contributed by atoms with van der Waals surface area (Å²) in [6.07, 6.45) is 1.82. The molecule has 0 saturated carbocycles. The molecule has 0 radical (unpaired) electrons. The second-order valence-electron chi connectivity index (χ2n) is 6.67. The lowest BCUT2D eigenvalue weighted by atomic mass is 10.0. The second kappa shape index (κ2) is 8.10. The third kappa shape index (κ3) is 4.37. The van der Waals surface area contributed by atoms with Crippen molar-refractivity contribution >= 4 is 10.0 Å². The van der Waals surface area contributed by atoms with Gasteiger partial charge in [-0.05, 0) is 56.2 Å². The molecule has 3 rings (SSSR count). The van der Waals surface area contributed by atoms with Crippen molar-refractivity contribution in [1.29, 1.82) is 0 Å². The number of hydrogen-bond donors (Lipinski definition) is 0. The highest BCUT2D eigenvalue weighted by Crippen LogP contribution is 2.25. The number of aryl methyl sites for hydroxylation is 1. The summed E-state index contributed by atoms with van der Waals surface area (Å²) in [5.74, 6) is 1.66. The molecule has 5 nitrogen and oxygen atoms in total. The van der Waals surface area contributed by atoms with E-state index in [0.29, 0.717) is 30.3 Å². The number of methoxy groups -OCH3 is 1. The zero-order chi connectivity index (χ0) is 18.6. The summed E-state index contributed by atoms with van der Waals surface area (Å²) in [6, 6.07) is 14.5. The van der Waals surface area contributed by atoms with Crippen molar-refractivity contribution in [2.45, 2.75) is 24.7 Å². The summed E-state index contributed by atoms with van der Waals surface area (Å²) in [6.45, 7) is 3.60. The van der Waals surface area contributed by atoms with Crippen molar-refractivity contribution in [2.75, 3.05) is 26.8 Å². The minimum atomic E-state index is -3.49. The molecule has 1 aliphatic rings. The highest BCUT2D eigenvalue weighted by molar-refractivity contribution is 7.89. The Morgan fingerprint density at radius 1 is 1.04 bits per heavy atom.